The monoisotopic (exact) mass is 312 g/mol. The van der Waals surface area contributed by atoms with Gasteiger partial charge in [-0.15, -0.1) is 0 Å². The van der Waals surface area contributed by atoms with Crippen LogP contribution in [0.2, 0.25) is 0 Å². The summed E-state index contributed by atoms with van der Waals surface area (Å²) < 4.78 is 32.5. The van der Waals surface area contributed by atoms with Crippen molar-refractivity contribution in [3.05, 3.63) is 18.2 Å². The van der Waals surface area contributed by atoms with Crippen molar-refractivity contribution in [2.45, 2.75) is 50.5 Å². The number of nitrogens with one attached hydrogen (secondary N) is 1. The van der Waals surface area contributed by atoms with E-state index in [0.717, 1.165) is 19.3 Å². The van der Waals surface area contributed by atoms with Crippen LogP contribution in [0.4, 0.5) is 5.69 Å². The number of nitrogens with two attached hydrogens (primary N) is 1. The van der Waals surface area contributed by atoms with Crippen molar-refractivity contribution in [3.63, 3.8) is 0 Å². The van der Waals surface area contributed by atoms with Crippen LogP contribution in [-0.2, 0) is 10.0 Å². The third-order valence-corrected chi connectivity index (χ3v) is 5.35. The van der Waals surface area contributed by atoms with E-state index in [-0.39, 0.29) is 11.0 Å². The second kappa shape index (κ2) is 6.66. The van der Waals surface area contributed by atoms with Gasteiger partial charge in [0.1, 0.15) is 5.75 Å². The number of benzene rings is 1. The fourth-order valence-corrected chi connectivity index (χ4v) is 3.78. The van der Waals surface area contributed by atoms with Crippen LogP contribution in [0.3, 0.4) is 0 Å². The molecular weight excluding hydrogens is 288 g/mol. The van der Waals surface area contributed by atoms with Gasteiger partial charge in [-0.3, -0.25) is 0 Å². The maximum atomic E-state index is 12.0. The third-order valence-electron chi connectivity index (χ3n) is 3.81. The second-order valence-corrected chi connectivity index (χ2v) is 7.48. The summed E-state index contributed by atoms with van der Waals surface area (Å²) in [6.07, 6.45) is 4.47. The number of sulfonamides is 1. The van der Waals surface area contributed by atoms with Gasteiger partial charge in [0, 0.05) is 12.6 Å². The van der Waals surface area contributed by atoms with Gasteiger partial charge in [0.2, 0.25) is 10.0 Å². The molecule has 1 aliphatic rings. The molecule has 0 radical (unpaired) electrons. The zero-order valence-electron chi connectivity index (χ0n) is 12.6. The van der Waals surface area contributed by atoms with Gasteiger partial charge in [0.25, 0.3) is 0 Å². The Morgan fingerprint density at radius 2 is 2.14 bits per heavy atom. The van der Waals surface area contributed by atoms with E-state index in [1.54, 1.807) is 13.0 Å². The highest BCUT2D eigenvalue weighted by atomic mass is 32.2. The Morgan fingerprint density at radius 3 is 2.81 bits per heavy atom. The van der Waals surface area contributed by atoms with Crippen molar-refractivity contribution in [2.75, 3.05) is 12.3 Å². The number of hydrogen-bond acceptors (Lipinski definition) is 4. The lowest BCUT2D eigenvalue weighted by atomic mass is 9.89. The minimum Gasteiger partial charge on any atom is -0.488 e. The molecule has 1 aromatic rings. The maximum absolute atomic E-state index is 12.0. The summed E-state index contributed by atoms with van der Waals surface area (Å²) in [5, 5.41) is 0. The topological polar surface area (TPSA) is 81.4 Å². The SMILES string of the molecule is CCNS(=O)(=O)c1ccc(N)c(OC2CCCC(C)C2)c1. The summed E-state index contributed by atoms with van der Waals surface area (Å²) >= 11 is 0. The van der Waals surface area contributed by atoms with Gasteiger partial charge in [-0.05, 0) is 37.3 Å². The Morgan fingerprint density at radius 1 is 1.38 bits per heavy atom. The standard InChI is InChI=1S/C15H24N2O3S/c1-3-17-21(18,19)13-7-8-14(16)15(10-13)20-12-6-4-5-11(2)9-12/h7-8,10-12,17H,3-6,9,16H2,1-2H3. The zero-order chi connectivity index (χ0) is 15.5. The summed E-state index contributed by atoms with van der Waals surface area (Å²) in [7, 11) is -3.49. The van der Waals surface area contributed by atoms with Crippen molar-refractivity contribution in [2.24, 2.45) is 5.92 Å². The number of nitrogen functional groups attached to an aromatic ring is 1. The molecule has 0 amide bonds. The molecule has 0 spiro atoms. The molecule has 1 saturated carbocycles. The highest BCUT2D eigenvalue weighted by molar-refractivity contribution is 7.89. The second-order valence-electron chi connectivity index (χ2n) is 5.71. The van der Waals surface area contributed by atoms with E-state index in [2.05, 4.69) is 11.6 Å². The number of rotatable bonds is 5. The molecule has 2 atom stereocenters. The van der Waals surface area contributed by atoms with Gasteiger partial charge >= 0.3 is 0 Å². The van der Waals surface area contributed by atoms with Crippen LogP contribution in [0.5, 0.6) is 5.75 Å². The number of ether oxygens (including phenoxy) is 1. The summed E-state index contributed by atoms with van der Waals surface area (Å²) in [6, 6.07) is 4.61. The fraction of sp³-hybridized carbons (Fsp3) is 0.600. The molecule has 0 heterocycles. The van der Waals surface area contributed by atoms with E-state index >= 15 is 0 Å². The molecule has 0 bridgehead atoms. The van der Waals surface area contributed by atoms with Crippen molar-refractivity contribution in [1.29, 1.82) is 0 Å². The first-order valence-electron chi connectivity index (χ1n) is 7.48. The summed E-state index contributed by atoms with van der Waals surface area (Å²) in [5.41, 5.74) is 6.39. The molecule has 2 rings (SSSR count). The molecule has 6 heteroatoms. The lowest BCUT2D eigenvalue weighted by Gasteiger charge is -2.28. The van der Waals surface area contributed by atoms with Crippen molar-refractivity contribution in [3.8, 4) is 5.75 Å². The van der Waals surface area contributed by atoms with E-state index in [1.807, 2.05) is 0 Å². The van der Waals surface area contributed by atoms with Crippen LogP contribution in [0.25, 0.3) is 0 Å². The van der Waals surface area contributed by atoms with Gasteiger partial charge in [-0.25, -0.2) is 13.1 Å². The maximum Gasteiger partial charge on any atom is 0.240 e. The largest absolute Gasteiger partial charge is 0.488 e. The molecule has 1 fully saturated rings. The van der Waals surface area contributed by atoms with Crippen LogP contribution >= 0.6 is 0 Å². The first kappa shape index (κ1) is 16.1. The number of hydrogen-bond donors (Lipinski definition) is 2. The molecular formula is C15H24N2O3S. The Balaban J connectivity index is 2.19. The van der Waals surface area contributed by atoms with Gasteiger partial charge in [0.05, 0.1) is 16.7 Å². The molecule has 0 aliphatic heterocycles. The minimum absolute atomic E-state index is 0.119. The quantitative estimate of drug-likeness (QED) is 0.819. The average Bonchev–Trinajstić information content (AvgIpc) is 2.41. The molecule has 5 nitrogen and oxygen atoms in total. The molecule has 3 N–H and O–H groups in total. The first-order valence-corrected chi connectivity index (χ1v) is 8.96. The molecule has 2 unspecified atom stereocenters. The Bertz CT molecular complexity index is 587. The summed E-state index contributed by atoms with van der Waals surface area (Å²) in [4.78, 5) is 0.192. The predicted octanol–water partition coefficient (Wildman–Crippen LogP) is 2.52. The molecule has 0 saturated heterocycles. The normalized spacial score (nSPS) is 23.0. The van der Waals surface area contributed by atoms with Crippen LogP contribution in [0.15, 0.2) is 23.1 Å². The van der Waals surface area contributed by atoms with Crippen LogP contribution in [-0.4, -0.2) is 21.1 Å². The van der Waals surface area contributed by atoms with Crippen molar-refractivity contribution >= 4 is 15.7 Å². The lowest BCUT2D eigenvalue weighted by molar-refractivity contribution is 0.130. The van der Waals surface area contributed by atoms with Gasteiger partial charge < -0.3 is 10.5 Å². The smallest absolute Gasteiger partial charge is 0.240 e. The van der Waals surface area contributed by atoms with Gasteiger partial charge in [0.15, 0.2) is 0 Å². The van der Waals surface area contributed by atoms with Gasteiger partial charge in [-0.2, -0.15) is 0 Å². The van der Waals surface area contributed by atoms with Crippen molar-refractivity contribution < 1.29 is 13.2 Å². The molecule has 118 valence electrons. The fourth-order valence-electron chi connectivity index (χ4n) is 2.72. The minimum atomic E-state index is -3.49. The molecule has 0 aromatic heterocycles. The Kier molecular flexibility index (Phi) is 5.11. The zero-order valence-corrected chi connectivity index (χ0v) is 13.4. The van der Waals surface area contributed by atoms with E-state index in [1.165, 1.54) is 18.6 Å². The molecule has 21 heavy (non-hydrogen) atoms. The van der Waals surface area contributed by atoms with E-state index in [9.17, 15) is 8.42 Å². The summed E-state index contributed by atoms with van der Waals surface area (Å²) in [5.74, 6) is 1.10. The Labute approximate surface area is 126 Å². The third kappa shape index (κ3) is 4.11. The highest BCUT2D eigenvalue weighted by Gasteiger charge is 2.22. The van der Waals surface area contributed by atoms with Gasteiger partial charge in [-0.1, -0.05) is 20.3 Å². The Hall–Kier alpha value is -1.27. The predicted molar refractivity (Wildman–Crippen MR) is 83.8 cm³/mol. The number of anilines is 1. The van der Waals surface area contributed by atoms with Crippen LogP contribution in [0.1, 0.15) is 39.5 Å². The van der Waals surface area contributed by atoms with E-state index in [4.69, 9.17) is 10.5 Å². The van der Waals surface area contributed by atoms with Crippen LogP contribution in [0, 0.1) is 5.92 Å². The molecule has 1 aliphatic carbocycles. The van der Waals surface area contributed by atoms with Crippen molar-refractivity contribution in [1.82, 2.24) is 4.72 Å². The van der Waals surface area contributed by atoms with E-state index < -0.39 is 10.0 Å². The average molecular weight is 312 g/mol. The highest BCUT2D eigenvalue weighted by Crippen LogP contribution is 2.31. The van der Waals surface area contributed by atoms with Crippen LogP contribution < -0.4 is 15.2 Å². The summed E-state index contributed by atoms with van der Waals surface area (Å²) in [6.45, 7) is 4.31. The van der Waals surface area contributed by atoms with E-state index in [0.29, 0.717) is 23.9 Å². The first-order chi connectivity index (χ1) is 9.92. The molecule has 1 aromatic carbocycles. The lowest BCUT2D eigenvalue weighted by Crippen LogP contribution is -2.25.